The summed E-state index contributed by atoms with van der Waals surface area (Å²) in [6.45, 7) is 3.85. The van der Waals surface area contributed by atoms with E-state index in [9.17, 15) is 14.0 Å². The maximum atomic E-state index is 14.3. The van der Waals surface area contributed by atoms with E-state index in [1.807, 2.05) is 31.2 Å². The molecule has 2 amide bonds. The number of halogens is 1. The molecule has 0 saturated heterocycles. The molecule has 0 atom stereocenters. The van der Waals surface area contributed by atoms with Gasteiger partial charge in [-0.25, -0.2) is 9.37 Å². The van der Waals surface area contributed by atoms with Crippen LogP contribution in [0.4, 0.5) is 15.2 Å². The fourth-order valence-corrected chi connectivity index (χ4v) is 3.40. The lowest BCUT2D eigenvalue weighted by Crippen LogP contribution is -2.14. The number of benzene rings is 2. The van der Waals surface area contributed by atoms with Crippen LogP contribution in [0.15, 0.2) is 47.8 Å². The molecule has 3 aromatic rings. The van der Waals surface area contributed by atoms with Crippen molar-refractivity contribution in [2.24, 2.45) is 0 Å². The first-order chi connectivity index (χ1) is 13.9. The van der Waals surface area contributed by atoms with Gasteiger partial charge in [0.2, 0.25) is 11.8 Å². The third kappa shape index (κ3) is 5.61. The molecule has 8 heteroatoms. The van der Waals surface area contributed by atoms with E-state index in [4.69, 9.17) is 4.74 Å². The molecule has 0 spiro atoms. The normalized spacial score (nSPS) is 10.4. The number of nitrogens with zero attached hydrogens (tertiary/aromatic N) is 1. The van der Waals surface area contributed by atoms with Crippen LogP contribution in [0.25, 0.3) is 11.3 Å². The van der Waals surface area contributed by atoms with Gasteiger partial charge in [0.25, 0.3) is 0 Å². The van der Waals surface area contributed by atoms with Gasteiger partial charge < -0.3 is 15.4 Å². The smallest absolute Gasteiger partial charge is 0.230 e. The van der Waals surface area contributed by atoms with Crippen LogP contribution in [0.3, 0.4) is 0 Å². The van der Waals surface area contributed by atoms with Gasteiger partial charge in [0.05, 0.1) is 18.7 Å². The van der Waals surface area contributed by atoms with E-state index in [-0.39, 0.29) is 18.2 Å². The fraction of sp³-hybridized carbons (Fsp3) is 0.190. The van der Waals surface area contributed by atoms with E-state index in [0.717, 1.165) is 11.3 Å². The van der Waals surface area contributed by atoms with Crippen LogP contribution in [0.1, 0.15) is 19.4 Å². The summed E-state index contributed by atoms with van der Waals surface area (Å²) in [6, 6.07) is 11.7. The van der Waals surface area contributed by atoms with Crippen LogP contribution in [-0.4, -0.2) is 23.4 Å². The summed E-state index contributed by atoms with van der Waals surface area (Å²) in [6.07, 6.45) is 0.196. The van der Waals surface area contributed by atoms with Gasteiger partial charge in [-0.05, 0) is 42.8 Å². The number of aromatic nitrogens is 1. The topological polar surface area (TPSA) is 80.3 Å². The zero-order chi connectivity index (χ0) is 20.8. The molecule has 29 heavy (non-hydrogen) atoms. The van der Waals surface area contributed by atoms with Gasteiger partial charge in [-0.15, -0.1) is 11.3 Å². The first kappa shape index (κ1) is 20.5. The SMILES string of the molecule is CCOc1ccc(CC(=O)Nc2nc(-c3ccc(NC(C)=O)cc3F)cs2)cc1. The molecule has 0 unspecified atom stereocenters. The number of nitrogens with one attached hydrogen (secondary N) is 2. The van der Waals surface area contributed by atoms with Crippen molar-refractivity contribution in [3.05, 3.63) is 59.2 Å². The van der Waals surface area contributed by atoms with Crippen molar-refractivity contribution in [3.8, 4) is 17.0 Å². The summed E-state index contributed by atoms with van der Waals surface area (Å²) in [4.78, 5) is 27.6. The van der Waals surface area contributed by atoms with Gasteiger partial charge in [0.1, 0.15) is 11.6 Å². The minimum Gasteiger partial charge on any atom is -0.494 e. The lowest BCUT2D eigenvalue weighted by Gasteiger charge is -2.05. The molecule has 0 saturated carbocycles. The van der Waals surface area contributed by atoms with Crippen molar-refractivity contribution in [1.82, 2.24) is 4.98 Å². The summed E-state index contributed by atoms with van der Waals surface area (Å²) in [5.41, 5.74) is 1.93. The van der Waals surface area contributed by atoms with Gasteiger partial charge in [-0.3, -0.25) is 9.59 Å². The van der Waals surface area contributed by atoms with E-state index in [2.05, 4.69) is 15.6 Å². The van der Waals surface area contributed by atoms with E-state index in [1.165, 1.54) is 24.3 Å². The molecule has 1 heterocycles. The highest BCUT2D eigenvalue weighted by Gasteiger charge is 2.13. The van der Waals surface area contributed by atoms with Crippen LogP contribution in [-0.2, 0) is 16.0 Å². The molecule has 2 aromatic carbocycles. The molecule has 0 fully saturated rings. The van der Waals surface area contributed by atoms with Crippen LogP contribution in [0.2, 0.25) is 0 Å². The number of thiazole rings is 1. The Morgan fingerprint density at radius 3 is 2.55 bits per heavy atom. The summed E-state index contributed by atoms with van der Waals surface area (Å²) in [5, 5.41) is 7.32. The molecule has 0 aliphatic carbocycles. The largest absolute Gasteiger partial charge is 0.494 e. The zero-order valence-electron chi connectivity index (χ0n) is 16.0. The lowest BCUT2D eigenvalue weighted by atomic mass is 10.1. The van der Waals surface area contributed by atoms with Gasteiger partial charge in [-0.1, -0.05) is 12.1 Å². The standard InChI is InChI=1S/C21H20FN3O3S/c1-3-28-16-7-4-14(5-8-16)10-20(27)25-21-24-19(12-29-21)17-9-6-15(11-18(17)22)23-13(2)26/h4-9,11-12H,3,10H2,1-2H3,(H,23,26)(H,24,25,27). The number of hydrogen-bond acceptors (Lipinski definition) is 5. The number of amides is 2. The van der Waals surface area contributed by atoms with E-state index in [0.29, 0.717) is 28.7 Å². The fourth-order valence-electron chi connectivity index (χ4n) is 2.68. The third-order valence-corrected chi connectivity index (χ3v) is 4.67. The molecular formula is C21H20FN3O3S. The predicted octanol–water partition coefficient (Wildman–Crippen LogP) is 4.49. The number of rotatable bonds is 7. The molecule has 150 valence electrons. The molecule has 1 aromatic heterocycles. The average molecular weight is 413 g/mol. The monoisotopic (exact) mass is 413 g/mol. The molecule has 0 aliphatic rings. The number of hydrogen-bond donors (Lipinski definition) is 2. The highest BCUT2D eigenvalue weighted by molar-refractivity contribution is 7.14. The second kappa shape index (κ2) is 9.29. The molecular weight excluding hydrogens is 393 g/mol. The van der Waals surface area contributed by atoms with E-state index < -0.39 is 5.82 Å². The Bertz CT molecular complexity index is 1020. The van der Waals surface area contributed by atoms with Crippen LogP contribution in [0, 0.1) is 5.82 Å². The molecule has 6 nitrogen and oxygen atoms in total. The number of ether oxygens (including phenoxy) is 1. The van der Waals surface area contributed by atoms with Crippen molar-refractivity contribution in [1.29, 1.82) is 0 Å². The molecule has 0 radical (unpaired) electrons. The second-order valence-corrected chi connectivity index (χ2v) is 7.07. The molecule has 0 aliphatic heterocycles. The van der Waals surface area contributed by atoms with Crippen LogP contribution in [0.5, 0.6) is 5.75 Å². The molecule has 0 bridgehead atoms. The first-order valence-corrected chi connectivity index (χ1v) is 9.87. The Morgan fingerprint density at radius 1 is 1.14 bits per heavy atom. The number of carbonyl (C=O) groups excluding carboxylic acids is 2. The quantitative estimate of drug-likeness (QED) is 0.598. The Kier molecular flexibility index (Phi) is 6.56. The highest BCUT2D eigenvalue weighted by atomic mass is 32.1. The van der Waals surface area contributed by atoms with Crippen molar-refractivity contribution >= 4 is 34.0 Å². The molecule has 3 rings (SSSR count). The third-order valence-electron chi connectivity index (χ3n) is 3.91. The maximum Gasteiger partial charge on any atom is 0.230 e. The second-order valence-electron chi connectivity index (χ2n) is 6.22. The first-order valence-electron chi connectivity index (χ1n) is 8.99. The minimum absolute atomic E-state index is 0.196. The van der Waals surface area contributed by atoms with Crippen LogP contribution < -0.4 is 15.4 Å². The zero-order valence-corrected chi connectivity index (χ0v) is 16.8. The van der Waals surface area contributed by atoms with Crippen molar-refractivity contribution in [3.63, 3.8) is 0 Å². The summed E-state index contributed by atoms with van der Waals surface area (Å²) < 4.78 is 19.7. The Hall–Kier alpha value is -3.26. The Labute approximate surface area is 171 Å². The lowest BCUT2D eigenvalue weighted by molar-refractivity contribution is -0.116. The van der Waals surface area contributed by atoms with Gasteiger partial charge in [0, 0.05) is 23.6 Å². The van der Waals surface area contributed by atoms with Crippen LogP contribution >= 0.6 is 11.3 Å². The Morgan fingerprint density at radius 2 is 1.90 bits per heavy atom. The minimum atomic E-state index is -0.506. The van der Waals surface area contributed by atoms with Crippen molar-refractivity contribution < 1.29 is 18.7 Å². The van der Waals surface area contributed by atoms with Gasteiger partial charge >= 0.3 is 0 Å². The average Bonchev–Trinajstić information content (AvgIpc) is 3.11. The number of anilines is 2. The van der Waals surface area contributed by atoms with Crippen molar-refractivity contribution in [2.45, 2.75) is 20.3 Å². The summed E-state index contributed by atoms with van der Waals surface area (Å²) >= 11 is 1.22. The maximum absolute atomic E-state index is 14.3. The number of carbonyl (C=O) groups is 2. The van der Waals surface area contributed by atoms with E-state index in [1.54, 1.807) is 17.5 Å². The Balaban J connectivity index is 1.64. The van der Waals surface area contributed by atoms with E-state index >= 15 is 0 Å². The molecule has 2 N–H and O–H groups in total. The predicted molar refractivity (Wildman–Crippen MR) is 112 cm³/mol. The van der Waals surface area contributed by atoms with Crippen molar-refractivity contribution in [2.75, 3.05) is 17.2 Å². The summed E-state index contributed by atoms with van der Waals surface area (Å²) in [7, 11) is 0. The van der Waals surface area contributed by atoms with Gasteiger partial charge in [-0.2, -0.15) is 0 Å². The highest BCUT2D eigenvalue weighted by Crippen LogP contribution is 2.28. The summed E-state index contributed by atoms with van der Waals surface area (Å²) in [5.74, 6) is -0.235. The van der Waals surface area contributed by atoms with Gasteiger partial charge in [0.15, 0.2) is 5.13 Å².